The number of benzene rings is 2. The zero-order valence-corrected chi connectivity index (χ0v) is 13.5. The molecular formula is C18H20N4O. The van der Waals surface area contributed by atoms with E-state index >= 15 is 0 Å². The summed E-state index contributed by atoms with van der Waals surface area (Å²) in [6.45, 7) is 5.90. The molecule has 0 aliphatic heterocycles. The molecule has 1 heterocycles. The number of anilines is 1. The van der Waals surface area contributed by atoms with Crippen molar-refractivity contribution in [3.05, 3.63) is 53.9 Å². The van der Waals surface area contributed by atoms with Crippen LogP contribution in [-0.4, -0.2) is 22.0 Å². The second-order valence-corrected chi connectivity index (χ2v) is 5.69. The van der Waals surface area contributed by atoms with Gasteiger partial charge in [0.1, 0.15) is 5.75 Å². The van der Waals surface area contributed by atoms with Gasteiger partial charge in [-0.15, -0.1) is 0 Å². The molecule has 0 bridgehead atoms. The molecule has 118 valence electrons. The van der Waals surface area contributed by atoms with Crippen LogP contribution in [0.3, 0.4) is 0 Å². The number of fused-ring (bicyclic) bond motifs is 1. The van der Waals surface area contributed by atoms with Gasteiger partial charge in [0.05, 0.1) is 24.2 Å². The van der Waals surface area contributed by atoms with Crippen LogP contribution in [0.5, 0.6) is 5.75 Å². The molecule has 0 atom stereocenters. The lowest BCUT2D eigenvalue weighted by Gasteiger charge is -2.14. The van der Waals surface area contributed by atoms with Crippen molar-refractivity contribution in [2.75, 3.05) is 5.73 Å². The fourth-order valence-corrected chi connectivity index (χ4v) is 2.48. The Balaban J connectivity index is 2.11. The largest absolute Gasteiger partial charge is 0.490 e. The summed E-state index contributed by atoms with van der Waals surface area (Å²) >= 11 is 0. The van der Waals surface area contributed by atoms with Crippen LogP contribution >= 0.6 is 0 Å². The Morgan fingerprint density at radius 1 is 1.22 bits per heavy atom. The van der Waals surface area contributed by atoms with E-state index in [2.05, 4.69) is 28.3 Å². The van der Waals surface area contributed by atoms with Crippen molar-refractivity contribution in [2.45, 2.75) is 26.9 Å². The van der Waals surface area contributed by atoms with Crippen molar-refractivity contribution in [3.8, 4) is 5.75 Å². The summed E-state index contributed by atoms with van der Waals surface area (Å²) in [4.78, 5) is 4.15. The first-order chi connectivity index (χ1) is 11.0. The molecule has 5 heteroatoms. The standard InChI is InChI=1S/C18H20N4O/c1-12(2)23-17-9-8-14-6-4-5-7-15(14)16(17)10-20-22-11-13(3)21-18(22)19/h4-12H,1-3H3,(H2,19,21). The lowest BCUT2D eigenvalue weighted by molar-refractivity contribution is 0.242. The predicted octanol–water partition coefficient (Wildman–Crippen LogP) is 3.60. The topological polar surface area (TPSA) is 65.4 Å². The molecule has 2 aromatic carbocycles. The number of rotatable bonds is 4. The van der Waals surface area contributed by atoms with Crippen LogP contribution in [0.4, 0.5) is 5.95 Å². The second-order valence-electron chi connectivity index (χ2n) is 5.69. The smallest absolute Gasteiger partial charge is 0.221 e. The highest BCUT2D eigenvalue weighted by Crippen LogP contribution is 2.27. The number of nitrogens with zero attached hydrogens (tertiary/aromatic N) is 3. The molecule has 0 amide bonds. The molecule has 3 aromatic rings. The maximum absolute atomic E-state index is 5.93. The average Bonchev–Trinajstić information content (AvgIpc) is 2.83. The monoisotopic (exact) mass is 308 g/mol. The van der Waals surface area contributed by atoms with Gasteiger partial charge in [0, 0.05) is 5.56 Å². The predicted molar refractivity (Wildman–Crippen MR) is 94.1 cm³/mol. The minimum atomic E-state index is 0.0869. The fraction of sp³-hybridized carbons (Fsp3) is 0.222. The van der Waals surface area contributed by atoms with E-state index in [-0.39, 0.29) is 6.10 Å². The van der Waals surface area contributed by atoms with E-state index in [9.17, 15) is 0 Å². The molecule has 0 saturated heterocycles. The number of hydrogen-bond acceptors (Lipinski definition) is 4. The molecular weight excluding hydrogens is 288 g/mol. The van der Waals surface area contributed by atoms with Crippen molar-refractivity contribution in [2.24, 2.45) is 5.10 Å². The number of imidazole rings is 1. The lowest BCUT2D eigenvalue weighted by atomic mass is 10.0. The summed E-state index contributed by atoms with van der Waals surface area (Å²) in [7, 11) is 0. The summed E-state index contributed by atoms with van der Waals surface area (Å²) < 4.78 is 7.50. The number of nitrogen functional groups attached to an aromatic ring is 1. The quantitative estimate of drug-likeness (QED) is 0.749. The maximum atomic E-state index is 5.93. The van der Waals surface area contributed by atoms with Crippen LogP contribution in [0.2, 0.25) is 0 Å². The van der Waals surface area contributed by atoms with Gasteiger partial charge in [0.15, 0.2) is 0 Å². The van der Waals surface area contributed by atoms with Gasteiger partial charge in [-0.25, -0.2) is 9.66 Å². The summed E-state index contributed by atoms with van der Waals surface area (Å²) in [6.07, 6.45) is 3.65. The zero-order valence-electron chi connectivity index (χ0n) is 13.5. The minimum Gasteiger partial charge on any atom is -0.490 e. The molecule has 0 aliphatic rings. The van der Waals surface area contributed by atoms with Crippen LogP contribution in [0.25, 0.3) is 10.8 Å². The Bertz CT molecular complexity index is 865. The van der Waals surface area contributed by atoms with Crippen molar-refractivity contribution in [1.29, 1.82) is 0 Å². The van der Waals surface area contributed by atoms with Gasteiger partial charge in [-0.05, 0) is 37.6 Å². The number of hydrogen-bond donors (Lipinski definition) is 1. The van der Waals surface area contributed by atoms with E-state index in [0.717, 1.165) is 27.8 Å². The summed E-state index contributed by atoms with van der Waals surface area (Å²) in [5.41, 5.74) is 7.61. The van der Waals surface area contributed by atoms with Gasteiger partial charge < -0.3 is 10.5 Å². The number of ether oxygens (including phenoxy) is 1. The van der Waals surface area contributed by atoms with Crippen molar-refractivity contribution >= 4 is 22.9 Å². The van der Waals surface area contributed by atoms with Crippen molar-refractivity contribution in [1.82, 2.24) is 9.66 Å². The summed E-state index contributed by atoms with van der Waals surface area (Å²) in [5, 5.41) is 6.67. The molecule has 2 N–H and O–H groups in total. The average molecular weight is 308 g/mol. The molecule has 0 saturated carbocycles. The third kappa shape index (κ3) is 3.18. The highest BCUT2D eigenvalue weighted by molar-refractivity contribution is 6.02. The van der Waals surface area contributed by atoms with E-state index in [0.29, 0.717) is 5.95 Å². The third-order valence-electron chi connectivity index (χ3n) is 3.44. The molecule has 5 nitrogen and oxygen atoms in total. The fourth-order valence-electron chi connectivity index (χ4n) is 2.48. The normalized spacial score (nSPS) is 11.7. The highest BCUT2D eigenvalue weighted by atomic mass is 16.5. The van der Waals surface area contributed by atoms with Crippen LogP contribution in [0.1, 0.15) is 25.1 Å². The molecule has 0 spiro atoms. The van der Waals surface area contributed by atoms with Gasteiger partial charge in [-0.3, -0.25) is 0 Å². The van der Waals surface area contributed by atoms with E-state index in [4.69, 9.17) is 10.5 Å². The van der Waals surface area contributed by atoms with E-state index < -0.39 is 0 Å². The molecule has 3 rings (SSSR count). The number of aromatic nitrogens is 2. The Morgan fingerprint density at radius 2 is 2.00 bits per heavy atom. The van der Waals surface area contributed by atoms with E-state index in [1.165, 1.54) is 0 Å². The van der Waals surface area contributed by atoms with Gasteiger partial charge in [-0.2, -0.15) is 5.10 Å². The molecule has 0 radical (unpaired) electrons. The lowest BCUT2D eigenvalue weighted by Crippen LogP contribution is -2.08. The van der Waals surface area contributed by atoms with E-state index in [1.54, 1.807) is 17.1 Å². The van der Waals surface area contributed by atoms with Crippen LogP contribution < -0.4 is 10.5 Å². The maximum Gasteiger partial charge on any atom is 0.221 e. The second kappa shape index (κ2) is 6.12. The van der Waals surface area contributed by atoms with E-state index in [1.807, 2.05) is 39.0 Å². The van der Waals surface area contributed by atoms with Crippen molar-refractivity contribution < 1.29 is 4.74 Å². The highest BCUT2D eigenvalue weighted by Gasteiger charge is 2.09. The van der Waals surface area contributed by atoms with Crippen LogP contribution in [0, 0.1) is 6.92 Å². The summed E-state index contributed by atoms with van der Waals surface area (Å²) in [6, 6.07) is 12.2. The molecule has 0 fully saturated rings. The van der Waals surface area contributed by atoms with Crippen molar-refractivity contribution in [3.63, 3.8) is 0 Å². The molecule has 0 unspecified atom stereocenters. The van der Waals surface area contributed by atoms with Crippen LogP contribution in [-0.2, 0) is 0 Å². The first kappa shape index (κ1) is 15.1. The Morgan fingerprint density at radius 3 is 2.70 bits per heavy atom. The SMILES string of the molecule is Cc1cn(N=Cc2c(OC(C)C)ccc3ccccc23)c(N)n1. The molecule has 23 heavy (non-hydrogen) atoms. The van der Waals surface area contributed by atoms with Gasteiger partial charge in [0.25, 0.3) is 0 Å². The molecule has 1 aromatic heterocycles. The first-order valence-corrected chi connectivity index (χ1v) is 7.59. The van der Waals surface area contributed by atoms with Gasteiger partial charge in [0.2, 0.25) is 5.95 Å². The number of aryl methyl sites for hydroxylation is 1. The zero-order chi connectivity index (χ0) is 16.4. The van der Waals surface area contributed by atoms with Gasteiger partial charge in [-0.1, -0.05) is 30.3 Å². The minimum absolute atomic E-state index is 0.0869. The Labute approximate surface area is 135 Å². The Hall–Kier alpha value is -2.82. The first-order valence-electron chi connectivity index (χ1n) is 7.59. The summed E-state index contributed by atoms with van der Waals surface area (Å²) in [5.74, 6) is 1.17. The van der Waals surface area contributed by atoms with Gasteiger partial charge >= 0.3 is 0 Å². The Kier molecular flexibility index (Phi) is 4.02. The molecule has 0 aliphatic carbocycles. The van der Waals surface area contributed by atoms with Crippen LogP contribution in [0.15, 0.2) is 47.7 Å². The number of nitrogens with two attached hydrogens (primary N) is 1. The third-order valence-corrected chi connectivity index (χ3v) is 3.44.